The van der Waals surface area contributed by atoms with E-state index in [4.69, 9.17) is 11.6 Å². The molecule has 0 amide bonds. The van der Waals surface area contributed by atoms with Crippen LogP contribution in [0.15, 0.2) is 18.5 Å². The molecule has 0 spiro atoms. The number of nitrogens with zero attached hydrogens (tertiary/aromatic N) is 3. The average molecular weight is 200 g/mol. The van der Waals surface area contributed by atoms with Gasteiger partial charge in [0.05, 0.1) is 9.21 Å². The van der Waals surface area contributed by atoms with E-state index in [1.54, 1.807) is 6.33 Å². The van der Waals surface area contributed by atoms with Gasteiger partial charge in [-0.05, 0) is 12.1 Å². The Labute approximate surface area is 78.6 Å². The smallest absolute Gasteiger partial charge is 0.173 e. The summed E-state index contributed by atoms with van der Waals surface area (Å²) in [5.41, 5.74) is 0. The molecule has 0 radical (unpaired) electrons. The largest absolute Gasteiger partial charge is 0.316 e. The summed E-state index contributed by atoms with van der Waals surface area (Å²) in [5.74, 6) is 0.854. The first-order chi connectivity index (χ1) is 5.77. The summed E-state index contributed by atoms with van der Waals surface area (Å²) in [6.07, 6.45) is 1.67. The van der Waals surface area contributed by atoms with E-state index < -0.39 is 0 Å². The summed E-state index contributed by atoms with van der Waals surface area (Å²) in [6.45, 7) is 0. The van der Waals surface area contributed by atoms with E-state index in [0.29, 0.717) is 0 Å². The number of aromatic nitrogens is 3. The number of hydrogen-bond donors (Lipinski definition) is 0. The van der Waals surface area contributed by atoms with Gasteiger partial charge in [-0.3, -0.25) is 0 Å². The third kappa shape index (κ3) is 1.23. The van der Waals surface area contributed by atoms with Crippen LogP contribution in [0.1, 0.15) is 0 Å². The second kappa shape index (κ2) is 2.88. The summed E-state index contributed by atoms with van der Waals surface area (Å²) >= 11 is 7.29. The topological polar surface area (TPSA) is 30.7 Å². The molecular weight excluding hydrogens is 194 g/mol. The van der Waals surface area contributed by atoms with Crippen molar-refractivity contribution in [3.05, 3.63) is 22.8 Å². The molecule has 12 heavy (non-hydrogen) atoms. The molecule has 0 atom stereocenters. The van der Waals surface area contributed by atoms with Crippen LogP contribution in [0, 0.1) is 0 Å². The third-order valence-electron chi connectivity index (χ3n) is 1.50. The van der Waals surface area contributed by atoms with Crippen molar-refractivity contribution in [3.63, 3.8) is 0 Å². The molecule has 0 saturated carbocycles. The monoisotopic (exact) mass is 199 g/mol. The summed E-state index contributed by atoms with van der Waals surface area (Å²) in [7, 11) is 1.91. The zero-order chi connectivity index (χ0) is 8.55. The number of halogens is 1. The van der Waals surface area contributed by atoms with Crippen molar-refractivity contribution in [1.29, 1.82) is 0 Å². The van der Waals surface area contributed by atoms with Gasteiger partial charge >= 0.3 is 0 Å². The summed E-state index contributed by atoms with van der Waals surface area (Å²) in [5, 5.41) is 7.75. The van der Waals surface area contributed by atoms with Gasteiger partial charge in [-0.1, -0.05) is 11.6 Å². The van der Waals surface area contributed by atoms with Gasteiger partial charge in [0.15, 0.2) is 5.82 Å². The van der Waals surface area contributed by atoms with Crippen LogP contribution in [0.2, 0.25) is 4.34 Å². The molecule has 0 aliphatic carbocycles. The molecular formula is C7H6ClN3S. The maximum atomic E-state index is 5.79. The highest BCUT2D eigenvalue weighted by Gasteiger charge is 2.06. The highest BCUT2D eigenvalue weighted by atomic mass is 35.5. The number of aryl methyl sites for hydroxylation is 1. The van der Waals surface area contributed by atoms with Crippen LogP contribution < -0.4 is 0 Å². The Kier molecular flexibility index (Phi) is 1.86. The molecule has 5 heteroatoms. The zero-order valence-electron chi connectivity index (χ0n) is 6.36. The Balaban J connectivity index is 2.50. The lowest BCUT2D eigenvalue weighted by Gasteiger charge is -1.93. The average Bonchev–Trinajstić information content (AvgIpc) is 2.58. The molecule has 62 valence electrons. The van der Waals surface area contributed by atoms with Crippen LogP contribution >= 0.6 is 22.9 Å². The van der Waals surface area contributed by atoms with Crippen molar-refractivity contribution in [3.8, 4) is 10.7 Å². The summed E-state index contributed by atoms with van der Waals surface area (Å²) in [4.78, 5) is 1.04. The lowest BCUT2D eigenvalue weighted by atomic mass is 10.4. The Bertz CT molecular complexity index is 393. The van der Waals surface area contributed by atoms with Gasteiger partial charge in [0.2, 0.25) is 0 Å². The van der Waals surface area contributed by atoms with E-state index in [0.717, 1.165) is 15.0 Å². The highest BCUT2D eigenvalue weighted by molar-refractivity contribution is 7.19. The highest BCUT2D eigenvalue weighted by Crippen LogP contribution is 2.28. The second-order valence-electron chi connectivity index (χ2n) is 2.37. The first-order valence-electron chi connectivity index (χ1n) is 3.37. The summed E-state index contributed by atoms with van der Waals surface area (Å²) < 4.78 is 2.63. The van der Waals surface area contributed by atoms with Crippen LogP contribution in [0.4, 0.5) is 0 Å². The van der Waals surface area contributed by atoms with Gasteiger partial charge < -0.3 is 4.57 Å². The van der Waals surface area contributed by atoms with E-state index >= 15 is 0 Å². The van der Waals surface area contributed by atoms with Crippen molar-refractivity contribution in [2.24, 2.45) is 7.05 Å². The number of rotatable bonds is 1. The Morgan fingerprint density at radius 1 is 1.50 bits per heavy atom. The molecule has 3 nitrogen and oxygen atoms in total. The standard InChI is InChI=1S/C7H6ClN3S/c1-11-4-9-10-7(11)5-2-3-6(8)12-5/h2-4H,1H3. The van der Waals surface area contributed by atoms with Gasteiger partial charge in [-0.2, -0.15) is 0 Å². The predicted octanol–water partition coefficient (Wildman–Crippen LogP) is 2.20. The maximum Gasteiger partial charge on any atom is 0.173 e. The van der Waals surface area contributed by atoms with E-state index in [2.05, 4.69) is 10.2 Å². The van der Waals surface area contributed by atoms with Crippen LogP contribution in [0.25, 0.3) is 10.7 Å². The van der Waals surface area contributed by atoms with Gasteiger partial charge in [0.25, 0.3) is 0 Å². The summed E-state index contributed by atoms with van der Waals surface area (Å²) in [6, 6.07) is 3.80. The Hall–Kier alpha value is -0.870. The molecule has 2 aromatic rings. The fourth-order valence-electron chi connectivity index (χ4n) is 0.941. The van der Waals surface area contributed by atoms with E-state index in [-0.39, 0.29) is 0 Å². The minimum absolute atomic E-state index is 0.771. The van der Waals surface area contributed by atoms with E-state index in [9.17, 15) is 0 Å². The normalized spacial score (nSPS) is 10.5. The van der Waals surface area contributed by atoms with Crippen LogP contribution in [-0.2, 0) is 7.05 Å². The van der Waals surface area contributed by atoms with Crippen LogP contribution in [0.3, 0.4) is 0 Å². The molecule has 0 fully saturated rings. The second-order valence-corrected chi connectivity index (χ2v) is 4.08. The van der Waals surface area contributed by atoms with Crippen molar-refractivity contribution in [2.75, 3.05) is 0 Å². The SMILES string of the molecule is Cn1cnnc1-c1ccc(Cl)s1. The third-order valence-corrected chi connectivity index (χ3v) is 2.73. The Morgan fingerprint density at radius 3 is 2.83 bits per heavy atom. The maximum absolute atomic E-state index is 5.79. The first-order valence-corrected chi connectivity index (χ1v) is 4.56. The first kappa shape index (κ1) is 7.76. The van der Waals surface area contributed by atoms with Gasteiger partial charge in [0, 0.05) is 7.05 Å². The molecule has 2 aromatic heterocycles. The molecule has 0 aromatic carbocycles. The molecule has 0 aliphatic rings. The fourth-order valence-corrected chi connectivity index (χ4v) is 2.01. The quantitative estimate of drug-likeness (QED) is 0.705. The minimum Gasteiger partial charge on any atom is -0.316 e. The van der Waals surface area contributed by atoms with Crippen molar-refractivity contribution >= 4 is 22.9 Å². The molecule has 2 rings (SSSR count). The molecule has 0 bridgehead atoms. The van der Waals surface area contributed by atoms with Crippen molar-refractivity contribution in [1.82, 2.24) is 14.8 Å². The fraction of sp³-hybridized carbons (Fsp3) is 0.143. The lowest BCUT2D eigenvalue weighted by Crippen LogP contribution is -1.87. The lowest BCUT2D eigenvalue weighted by molar-refractivity contribution is 0.922. The van der Waals surface area contributed by atoms with Crippen LogP contribution in [0.5, 0.6) is 0 Å². The van der Waals surface area contributed by atoms with E-state index in [1.165, 1.54) is 11.3 Å². The Morgan fingerprint density at radius 2 is 2.33 bits per heavy atom. The zero-order valence-corrected chi connectivity index (χ0v) is 7.93. The molecule has 0 unspecified atom stereocenters. The van der Waals surface area contributed by atoms with Gasteiger partial charge in [0.1, 0.15) is 6.33 Å². The van der Waals surface area contributed by atoms with Crippen LogP contribution in [-0.4, -0.2) is 14.8 Å². The number of thiophene rings is 1. The minimum atomic E-state index is 0.771. The predicted molar refractivity (Wildman–Crippen MR) is 49.3 cm³/mol. The molecule has 2 heterocycles. The molecule has 0 saturated heterocycles. The van der Waals surface area contributed by atoms with Crippen molar-refractivity contribution < 1.29 is 0 Å². The molecule has 0 aliphatic heterocycles. The van der Waals surface area contributed by atoms with Gasteiger partial charge in [-0.15, -0.1) is 21.5 Å². The van der Waals surface area contributed by atoms with Crippen molar-refractivity contribution in [2.45, 2.75) is 0 Å². The number of hydrogen-bond acceptors (Lipinski definition) is 3. The molecule has 0 N–H and O–H groups in total. The van der Waals surface area contributed by atoms with E-state index in [1.807, 2.05) is 23.7 Å². The van der Waals surface area contributed by atoms with Gasteiger partial charge in [-0.25, -0.2) is 0 Å².